The topological polar surface area (TPSA) is 85.1 Å². The van der Waals surface area contributed by atoms with E-state index in [0.717, 1.165) is 19.5 Å². The van der Waals surface area contributed by atoms with E-state index in [-0.39, 0.29) is 10.7 Å². The van der Waals surface area contributed by atoms with Crippen LogP contribution in [0, 0.1) is 16.0 Å². The highest BCUT2D eigenvalue weighted by Crippen LogP contribution is 2.21. The van der Waals surface area contributed by atoms with Gasteiger partial charge in [0.2, 0.25) is 5.03 Å². The fraction of sp³-hybridized carbons (Fsp3) is 0.500. The zero-order valence-electron chi connectivity index (χ0n) is 9.17. The minimum atomic E-state index is -1.40. The Labute approximate surface area is 101 Å². The molecule has 0 saturated carbocycles. The van der Waals surface area contributed by atoms with E-state index in [1.807, 2.05) is 0 Å². The van der Waals surface area contributed by atoms with Crippen LogP contribution < -0.4 is 5.32 Å². The highest BCUT2D eigenvalue weighted by Gasteiger charge is 2.24. The van der Waals surface area contributed by atoms with Crippen LogP contribution in [0.15, 0.2) is 23.4 Å². The molecule has 1 aromatic heterocycles. The van der Waals surface area contributed by atoms with Crippen molar-refractivity contribution in [3.8, 4) is 0 Å². The number of pyridine rings is 1. The largest absolute Gasteiger partial charge is 0.316 e. The van der Waals surface area contributed by atoms with Crippen molar-refractivity contribution >= 4 is 16.5 Å². The summed E-state index contributed by atoms with van der Waals surface area (Å²) >= 11 is 0. The Hall–Kier alpha value is -1.34. The normalized spacial score (nSPS) is 21.3. The van der Waals surface area contributed by atoms with Crippen LogP contribution in [0.4, 0.5) is 5.69 Å². The van der Waals surface area contributed by atoms with Gasteiger partial charge in [-0.3, -0.25) is 14.3 Å². The lowest BCUT2D eigenvalue weighted by Crippen LogP contribution is -2.16. The fourth-order valence-corrected chi connectivity index (χ4v) is 3.27. The first-order chi connectivity index (χ1) is 8.18. The Morgan fingerprint density at radius 1 is 1.65 bits per heavy atom. The minimum absolute atomic E-state index is 0.0874. The molecule has 92 valence electrons. The zero-order chi connectivity index (χ0) is 12.3. The van der Waals surface area contributed by atoms with Crippen LogP contribution in [0.2, 0.25) is 0 Å². The molecule has 0 spiro atoms. The highest BCUT2D eigenvalue weighted by molar-refractivity contribution is 7.85. The maximum absolute atomic E-state index is 12.0. The predicted octanol–water partition coefficient (Wildman–Crippen LogP) is 0.707. The maximum atomic E-state index is 12.0. The van der Waals surface area contributed by atoms with Crippen molar-refractivity contribution in [2.45, 2.75) is 11.4 Å². The standard InChI is InChI=1S/C10H13N3O3S/c14-13(15)9-2-1-4-12-10(9)17(16)7-8-3-5-11-6-8/h1-2,4,8,11H,3,5-7H2/t8-,17+/m1/s1. The van der Waals surface area contributed by atoms with Crippen LogP contribution in [0.1, 0.15) is 6.42 Å². The first-order valence-electron chi connectivity index (χ1n) is 5.37. The molecule has 1 aliphatic heterocycles. The van der Waals surface area contributed by atoms with Crippen LogP contribution in [-0.2, 0) is 10.8 Å². The molecule has 0 radical (unpaired) electrons. The monoisotopic (exact) mass is 255 g/mol. The molecule has 0 bridgehead atoms. The van der Waals surface area contributed by atoms with Gasteiger partial charge in [-0.25, -0.2) is 4.98 Å². The number of rotatable bonds is 4. The zero-order valence-corrected chi connectivity index (χ0v) is 9.98. The lowest BCUT2D eigenvalue weighted by molar-refractivity contribution is -0.388. The van der Waals surface area contributed by atoms with Crippen molar-refractivity contribution in [1.82, 2.24) is 10.3 Å². The molecular formula is C10H13N3O3S. The molecule has 1 saturated heterocycles. The van der Waals surface area contributed by atoms with E-state index in [1.54, 1.807) is 0 Å². The first kappa shape index (κ1) is 12.1. The van der Waals surface area contributed by atoms with Crippen LogP contribution in [0.5, 0.6) is 0 Å². The van der Waals surface area contributed by atoms with Gasteiger partial charge in [-0.05, 0) is 31.5 Å². The van der Waals surface area contributed by atoms with Gasteiger partial charge in [0.25, 0.3) is 0 Å². The molecule has 1 aliphatic rings. The van der Waals surface area contributed by atoms with E-state index in [0.29, 0.717) is 11.7 Å². The molecule has 1 N–H and O–H groups in total. The van der Waals surface area contributed by atoms with Crippen molar-refractivity contribution in [2.75, 3.05) is 18.8 Å². The summed E-state index contributed by atoms with van der Waals surface area (Å²) in [5.41, 5.74) is -0.156. The number of nitrogens with zero attached hydrogens (tertiary/aromatic N) is 2. The Morgan fingerprint density at radius 3 is 3.12 bits per heavy atom. The number of nitro groups is 1. The third kappa shape index (κ3) is 2.86. The number of hydrogen-bond acceptors (Lipinski definition) is 5. The van der Waals surface area contributed by atoms with E-state index in [9.17, 15) is 14.3 Å². The quantitative estimate of drug-likeness (QED) is 0.632. The number of hydrogen-bond donors (Lipinski definition) is 1. The van der Waals surface area contributed by atoms with Gasteiger partial charge in [0, 0.05) is 18.0 Å². The summed E-state index contributed by atoms with van der Waals surface area (Å²) in [5, 5.41) is 14.0. The highest BCUT2D eigenvalue weighted by atomic mass is 32.2. The van der Waals surface area contributed by atoms with Crippen molar-refractivity contribution in [1.29, 1.82) is 0 Å². The first-order valence-corrected chi connectivity index (χ1v) is 6.69. The Kier molecular flexibility index (Phi) is 3.80. The molecular weight excluding hydrogens is 242 g/mol. The van der Waals surface area contributed by atoms with Gasteiger partial charge in [-0.2, -0.15) is 0 Å². The summed E-state index contributed by atoms with van der Waals surface area (Å²) in [5.74, 6) is 0.752. The molecule has 0 amide bonds. The van der Waals surface area contributed by atoms with Gasteiger partial charge >= 0.3 is 5.69 Å². The molecule has 2 atom stereocenters. The van der Waals surface area contributed by atoms with Crippen LogP contribution in [0.3, 0.4) is 0 Å². The third-order valence-electron chi connectivity index (χ3n) is 2.71. The SMILES string of the molecule is O=[N+]([O-])c1cccnc1[S@@](=O)C[C@@H]1CCNC1. The van der Waals surface area contributed by atoms with E-state index in [4.69, 9.17) is 0 Å². The molecule has 0 aromatic carbocycles. The number of aromatic nitrogens is 1. The third-order valence-corrected chi connectivity index (χ3v) is 4.23. The summed E-state index contributed by atoms with van der Waals surface area (Å²) in [6.45, 7) is 1.75. The number of nitrogens with one attached hydrogen (secondary N) is 1. The molecule has 17 heavy (non-hydrogen) atoms. The second-order valence-corrected chi connectivity index (χ2v) is 5.37. The van der Waals surface area contributed by atoms with Crippen molar-refractivity contribution in [2.24, 2.45) is 5.92 Å². The molecule has 0 aliphatic carbocycles. The van der Waals surface area contributed by atoms with E-state index in [1.165, 1.54) is 18.3 Å². The second-order valence-electron chi connectivity index (χ2n) is 3.96. The van der Waals surface area contributed by atoms with Crippen molar-refractivity contribution in [3.05, 3.63) is 28.4 Å². The van der Waals surface area contributed by atoms with E-state index >= 15 is 0 Å². The van der Waals surface area contributed by atoms with E-state index in [2.05, 4.69) is 10.3 Å². The molecule has 2 heterocycles. The molecule has 0 unspecified atom stereocenters. The van der Waals surface area contributed by atoms with E-state index < -0.39 is 15.7 Å². The molecule has 7 heteroatoms. The fourth-order valence-electron chi connectivity index (χ4n) is 1.85. The lowest BCUT2D eigenvalue weighted by Gasteiger charge is -2.07. The predicted molar refractivity (Wildman–Crippen MR) is 63.1 cm³/mol. The summed E-state index contributed by atoms with van der Waals surface area (Å²) in [6.07, 6.45) is 2.40. The second kappa shape index (κ2) is 5.33. The van der Waals surface area contributed by atoms with Gasteiger partial charge in [0.15, 0.2) is 0 Å². The van der Waals surface area contributed by atoms with Gasteiger partial charge in [-0.1, -0.05) is 0 Å². The minimum Gasteiger partial charge on any atom is -0.316 e. The molecule has 6 nitrogen and oxygen atoms in total. The van der Waals surface area contributed by atoms with Crippen molar-refractivity contribution < 1.29 is 9.13 Å². The van der Waals surface area contributed by atoms with Crippen LogP contribution in [-0.4, -0.2) is 33.0 Å². The smallest absolute Gasteiger partial charge is 0.303 e. The van der Waals surface area contributed by atoms with Gasteiger partial charge in [-0.15, -0.1) is 0 Å². The Balaban J connectivity index is 2.15. The molecule has 1 aromatic rings. The summed E-state index contributed by atoms with van der Waals surface area (Å²) in [7, 11) is -1.40. The average Bonchev–Trinajstić information content (AvgIpc) is 2.81. The van der Waals surface area contributed by atoms with Crippen LogP contribution >= 0.6 is 0 Å². The Bertz CT molecular complexity index is 446. The molecule has 2 rings (SSSR count). The Morgan fingerprint density at radius 2 is 2.47 bits per heavy atom. The summed E-state index contributed by atoms with van der Waals surface area (Å²) in [6, 6.07) is 2.82. The average molecular weight is 255 g/mol. The van der Waals surface area contributed by atoms with Gasteiger partial charge in [0.05, 0.1) is 15.7 Å². The van der Waals surface area contributed by atoms with Crippen LogP contribution in [0.25, 0.3) is 0 Å². The summed E-state index contributed by atoms with van der Waals surface area (Å²) in [4.78, 5) is 14.1. The van der Waals surface area contributed by atoms with Gasteiger partial charge < -0.3 is 5.32 Å². The maximum Gasteiger partial charge on any atom is 0.303 e. The van der Waals surface area contributed by atoms with Gasteiger partial charge in [0.1, 0.15) is 0 Å². The summed E-state index contributed by atoms with van der Waals surface area (Å²) < 4.78 is 12.0. The molecule has 1 fully saturated rings. The van der Waals surface area contributed by atoms with Crippen molar-refractivity contribution in [3.63, 3.8) is 0 Å². The lowest BCUT2D eigenvalue weighted by atomic mass is 10.2.